The van der Waals surface area contributed by atoms with Crippen molar-refractivity contribution in [2.24, 2.45) is 5.73 Å². The second-order valence-corrected chi connectivity index (χ2v) is 4.84. The molecule has 21 heavy (non-hydrogen) atoms. The summed E-state index contributed by atoms with van der Waals surface area (Å²) in [5, 5.41) is 11.6. The van der Waals surface area contributed by atoms with E-state index in [9.17, 15) is 14.4 Å². The van der Waals surface area contributed by atoms with Crippen LogP contribution in [0.15, 0.2) is 18.2 Å². The van der Waals surface area contributed by atoms with Gasteiger partial charge in [0, 0.05) is 5.02 Å². The number of nitrogens with one attached hydrogen (secondary N) is 1. The summed E-state index contributed by atoms with van der Waals surface area (Å²) < 4.78 is 5.13. The lowest BCUT2D eigenvalue weighted by molar-refractivity contribution is -0.143. The van der Waals surface area contributed by atoms with Crippen molar-refractivity contribution in [3.63, 3.8) is 0 Å². The third kappa shape index (κ3) is 5.88. The Morgan fingerprint density at radius 1 is 1.33 bits per heavy atom. The molecule has 0 spiro atoms. The molecule has 0 heterocycles. The van der Waals surface area contributed by atoms with Crippen molar-refractivity contribution >= 4 is 41.0 Å². The van der Waals surface area contributed by atoms with Crippen LogP contribution < -0.4 is 15.8 Å². The number of amides is 2. The van der Waals surface area contributed by atoms with E-state index in [0.29, 0.717) is 5.02 Å². The Labute approximate surface area is 130 Å². The Balaban J connectivity index is 2.56. The second kappa shape index (κ2) is 7.70. The third-order valence-electron chi connectivity index (χ3n) is 2.29. The number of carboxylic acids is 1. The number of carboxylic acid groups (broad SMARTS) is 1. The highest BCUT2D eigenvalue weighted by Crippen LogP contribution is 2.27. The topological polar surface area (TPSA) is 119 Å². The SMILES string of the molecule is NC(=O)CC(NC(=O)COc1ccc(Cl)cc1Cl)C(=O)O. The van der Waals surface area contributed by atoms with Gasteiger partial charge in [0.25, 0.3) is 5.91 Å². The van der Waals surface area contributed by atoms with E-state index >= 15 is 0 Å². The summed E-state index contributed by atoms with van der Waals surface area (Å²) in [6.45, 7) is -0.468. The number of rotatable bonds is 7. The summed E-state index contributed by atoms with van der Waals surface area (Å²) in [7, 11) is 0. The van der Waals surface area contributed by atoms with Crippen molar-refractivity contribution in [3.05, 3.63) is 28.2 Å². The average molecular weight is 335 g/mol. The van der Waals surface area contributed by atoms with E-state index in [2.05, 4.69) is 5.32 Å². The van der Waals surface area contributed by atoms with Crippen molar-refractivity contribution in [2.75, 3.05) is 6.61 Å². The minimum Gasteiger partial charge on any atom is -0.482 e. The van der Waals surface area contributed by atoms with Crippen LogP contribution in [0.1, 0.15) is 6.42 Å². The number of nitrogens with two attached hydrogens (primary N) is 1. The van der Waals surface area contributed by atoms with E-state index in [-0.39, 0.29) is 10.8 Å². The Bertz CT molecular complexity index is 565. The number of carbonyl (C=O) groups is 3. The van der Waals surface area contributed by atoms with Crippen molar-refractivity contribution in [3.8, 4) is 5.75 Å². The summed E-state index contributed by atoms with van der Waals surface area (Å²) in [6.07, 6.45) is -0.511. The number of aliphatic carboxylic acids is 1. The highest BCUT2D eigenvalue weighted by molar-refractivity contribution is 6.35. The first-order valence-corrected chi connectivity index (χ1v) is 6.43. The fraction of sp³-hybridized carbons (Fsp3) is 0.250. The fourth-order valence-electron chi connectivity index (χ4n) is 1.37. The maximum Gasteiger partial charge on any atom is 0.326 e. The number of ether oxygens (including phenoxy) is 1. The molecular formula is C12H12Cl2N2O5. The van der Waals surface area contributed by atoms with Gasteiger partial charge in [-0.05, 0) is 18.2 Å². The zero-order chi connectivity index (χ0) is 16.0. The molecule has 1 rings (SSSR count). The van der Waals surface area contributed by atoms with E-state index in [1.165, 1.54) is 18.2 Å². The van der Waals surface area contributed by atoms with Gasteiger partial charge in [0.2, 0.25) is 5.91 Å². The van der Waals surface area contributed by atoms with Gasteiger partial charge in [-0.25, -0.2) is 4.79 Å². The Kier molecular flexibility index (Phi) is 6.26. The number of primary amides is 1. The third-order valence-corrected chi connectivity index (χ3v) is 2.82. The Hall–Kier alpha value is -1.99. The van der Waals surface area contributed by atoms with E-state index < -0.39 is 36.9 Å². The molecule has 2 amide bonds. The van der Waals surface area contributed by atoms with Crippen LogP contribution in [-0.4, -0.2) is 35.5 Å². The van der Waals surface area contributed by atoms with Crippen LogP contribution in [0.5, 0.6) is 5.75 Å². The van der Waals surface area contributed by atoms with E-state index in [1.807, 2.05) is 0 Å². The molecule has 1 atom stereocenters. The van der Waals surface area contributed by atoms with Crippen LogP contribution in [0.2, 0.25) is 10.0 Å². The minimum absolute atomic E-state index is 0.210. The Morgan fingerprint density at radius 2 is 2.00 bits per heavy atom. The first kappa shape index (κ1) is 17.1. The van der Waals surface area contributed by atoms with Gasteiger partial charge in [0.15, 0.2) is 6.61 Å². The zero-order valence-electron chi connectivity index (χ0n) is 10.6. The Morgan fingerprint density at radius 3 is 2.52 bits per heavy atom. The molecule has 7 nitrogen and oxygen atoms in total. The second-order valence-electron chi connectivity index (χ2n) is 3.99. The number of hydrogen-bond donors (Lipinski definition) is 3. The quantitative estimate of drug-likeness (QED) is 0.681. The molecule has 4 N–H and O–H groups in total. The van der Waals surface area contributed by atoms with Gasteiger partial charge >= 0.3 is 5.97 Å². The maximum atomic E-state index is 11.6. The van der Waals surface area contributed by atoms with Crippen LogP contribution in [0.3, 0.4) is 0 Å². The van der Waals surface area contributed by atoms with Gasteiger partial charge in [0.05, 0.1) is 11.4 Å². The lowest BCUT2D eigenvalue weighted by Crippen LogP contribution is -2.45. The summed E-state index contributed by atoms with van der Waals surface area (Å²) in [6, 6.07) is 3.02. The number of halogens is 2. The van der Waals surface area contributed by atoms with E-state index in [1.54, 1.807) is 0 Å². The number of carbonyl (C=O) groups excluding carboxylic acids is 2. The molecule has 0 fully saturated rings. The molecule has 0 bridgehead atoms. The molecule has 114 valence electrons. The molecule has 0 radical (unpaired) electrons. The standard InChI is InChI=1S/C12H12Cl2N2O5/c13-6-1-2-9(7(14)3-6)21-5-11(18)16-8(12(19)20)4-10(15)17/h1-3,8H,4-5H2,(H2,15,17)(H,16,18)(H,19,20). The van der Waals surface area contributed by atoms with Crippen molar-refractivity contribution in [1.29, 1.82) is 0 Å². The summed E-state index contributed by atoms with van der Waals surface area (Å²) >= 11 is 11.5. The van der Waals surface area contributed by atoms with Crippen LogP contribution >= 0.6 is 23.2 Å². The van der Waals surface area contributed by atoms with Crippen molar-refractivity contribution < 1.29 is 24.2 Å². The normalized spacial score (nSPS) is 11.5. The summed E-state index contributed by atoms with van der Waals surface area (Å²) in [5.41, 5.74) is 4.89. The molecule has 1 unspecified atom stereocenters. The van der Waals surface area contributed by atoms with E-state index in [0.717, 1.165) is 0 Å². The fourth-order valence-corrected chi connectivity index (χ4v) is 1.84. The van der Waals surface area contributed by atoms with Crippen LogP contribution in [0, 0.1) is 0 Å². The molecule has 1 aromatic rings. The van der Waals surface area contributed by atoms with Gasteiger partial charge in [-0.3, -0.25) is 9.59 Å². The monoisotopic (exact) mass is 334 g/mol. The van der Waals surface area contributed by atoms with Crippen molar-refractivity contribution in [2.45, 2.75) is 12.5 Å². The lowest BCUT2D eigenvalue weighted by Gasteiger charge is -2.13. The average Bonchev–Trinajstić information content (AvgIpc) is 2.36. The smallest absolute Gasteiger partial charge is 0.326 e. The first-order valence-electron chi connectivity index (χ1n) is 5.68. The predicted molar refractivity (Wildman–Crippen MR) is 75.3 cm³/mol. The van der Waals surface area contributed by atoms with Gasteiger partial charge in [-0.2, -0.15) is 0 Å². The molecule has 0 aliphatic heterocycles. The zero-order valence-corrected chi connectivity index (χ0v) is 12.1. The molecule has 1 aromatic carbocycles. The van der Waals surface area contributed by atoms with Crippen molar-refractivity contribution in [1.82, 2.24) is 5.32 Å². The molecule has 0 aliphatic carbocycles. The molecule has 0 saturated carbocycles. The highest BCUT2D eigenvalue weighted by atomic mass is 35.5. The maximum absolute atomic E-state index is 11.6. The van der Waals surface area contributed by atoms with E-state index in [4.69, 9.17) is 38.8 Å². The lowest BCUT2D eigenvalue weighted by atomic mass is 10.2. The molecule has 9 heteroatoms. The summed E-state index contributed by atoms with van der Waals surface area (Å²) in [4.78, 5) is 33.1. The molecule has 0 aromatic heterocycles. The molecule has 0 aliphatic rings. The van der Waals surface area contributed by atoms with Gasteiger partial charge in [-0.15, -0.1) is 0 Å². The first-order chi connectivity index (χ1) is 9.79. The van der Waals surface area contributed by atoms with Gasteiger partial charge < -0.3 is 20.9 Å². The predicted octanol–water partition coefficient (Wildman–Crippen LogP) is 0.817. The van der Waals surface area contributed by atoms with Crippen LogP contribution in [-0.2, 0) is 14.4 Å². The van der Waals surface area contributed by atoms with Gasteiger partial charge in [0.1, 0.15) is 11.8 Å². The largest absolute Gasteiger partial charge is 0.482 e. The number of hydrogen-bond acceptors (Lipinski definition) is 4. The van der Waals surface area contributed by atoms with Crippen LogP contribution in [0.25, 0.3) is 0 Å². The number of benzene rings is 1. The highest BCUT2D eigenvalue weighted by Gasteiger charge is 2.22. The molecule has 0 saturated heterocycles. The minimum atomic E-state index is -1.40. The van der Waals surface area contributed by atoms with Gasteiger partial charge in [-0.1, -0.05) is 23.2 Å². The summed E-state index contributed by atoms with van der Waals surface area (Å²) in [5.74, 6) is -2.72. The molecular weight excluding hydrogens is 323 g/mol. The van der Waals surface area contributed by atoms with Crippen LogP contribution in [0.4, 0.5) is 0 Å².